The Hall–Kier alpha value is -3.74. The van der Waals surface area contributed by atoms with Crippen molar-refractivity contribution >= 4 is 35.4 Å². The van der Waals surface area contributed by atoms with Gasteiger partial charge in [0.25, 0.3) is 5.91 Å². The van der Waals surface area contributed by atoms with Crippen LogP contribution in [0.5, 0.6) is 0 Å². The number of ketones is 1. The zero-order valence-electron chi connectivity index (χ0n) is 34.5. The molecule has 0 radical (unpaired) electrons. The number of Topliss-reactive ketones (excluding diaryl/α,β-unsaturated/α-hetero) is 1. The molecule has 0 aromatic rings. The zero-order chi connectivity index (χ0) is 41.2. The molecular formula is C40H66N10O8. The van der Waals surface area contributed by atoms with E-state index < -0.39 is 29.6 Å². The van der Waals surface area contributed by atoms with E-state index >= 15 is 0 Å². The minimum Gasteiger partial charge on any atom is -0.379 e. The van der Waals surface area contributed by atoms with Crippen LogP contribution in [0.4, 0.5) is 4.79 Å². The zero-order valence-corrected chi connectivity index (χ0v) is 34.5. The molecule has 324 valence electrons. The standard InChI is InChI=1S/C40H66N10O8/c1-4-33(49-12-16-57-17-13-49)45-37(53)26-20-27(38(54)46-34(5-2)50-14-18-58-19-15-50)22-30(21-26)42-36(52)25-6-8-28(9-7-25)47-48-35(24(3)51)39(55)41-29-10-11-31-32(23-29)44-40(56)43-31/h25-35H,4-23H2,1-3H3,(H,41,55)(H,42,52)(H,45,53)(H,46,54)(H2,43,44,56). The Labute approximate surface area is 341 Å². The second-order valence-electron chi connectivity index (χ2n) is 17.1. The van der Waals surface area contributed by atoms with Crippen molar-refractivity contribution in [1.29, 1.82) is 0 Å². The highest BCUT2D eigenvalue weighted by atomic mass is 16.5. The number of amides is 6. The van der Waals surface area contributed by atoms with Crippen molar-refractivity contribution in [2.45, 2.75) is 146 Å². The fourth-order valence-electron chi connectivity index (χ4n) is 9.65. The van der Waals surface area contributed by atoms with Crippen LogP contribution in [0, 0.1) is 17.8 Å². The molecule has 0 aromatic heterocycles. The van der Waals surface area contributed by atoms with Gasteiger partial charge in [-0.1, -0.05) is 13.8 Å². The van der Waals surface area contributed by atoms with Gasteiger partial charge in [0.1, 0.15) is 0 Å². The fourth-order valence-corrected chi connectivity index (χ4v) is 9.65. The van der Waals surface area contributed by atoms with E-state index in [0.29, 0.717) is 84.2 Å². The average Bonchev–Trinajstić information content (AvgIpc) is 3.61. The maximum Gasteiger partial charge on any atom is 0.315 e. The number of urea groups is 1. The van der Waals surface area contributed by atoms with E-state index in [1.807, 2.05) is 0 Å². The normalized spacial score (nSPS) is 32.4. The van der Waals surface area contributed by atoms with Gasteiger partial charge in [-0.05, 0) is 84.0 Å². The number of morpholine rings is 2. The van der Waals surface area contributed by atoms with Crippen LogP contribution >= 0.6 is 0 Å². The van der Waals surface area contributed by atoms with Crippen LogP contribution in [-0.4, -0.2) is 146 Å². The monoisotopic (exact) mass is 815 g/mol. The van der Waals surface area contributed by atoms with Gasteiger partial charge >= 0.3 is 6.03 Å². The van der Waals surface area contributed by atoms with Crippen molar-refractivity contribution in [3.8, 4) is 0 Å². The Kier molecular flexibility index (Phi) is 15.9. The molecule has 3 aliphatic carbocycles. The Morgan fingerprint density at radius 2 is 1.22 bits per heavy atom. The van der Waals surface area contributed by atoms with Crippen molar-refractivity contribution < 1.29 is 38.2 Å². The smallest absolute Gasteiger partial charge is 0.315 e. The number of fused-ring (bicyclic) bond motifs is 1. The van der Waals surface area contributed by atoms with Gasteiger partial charge in [-0.25, -0.2) is 4.79 Å². The van der Waals surface area contributed by atoms with Crippen LogP contribution in [-0.2, 0) is 33.4 Å². The van der Waals surface area contributed by atoms with Crippen molar-refractivity contribution in [1.82, 2.24) is 41.7 Å². The van der Waals surface area contributed by atoms with Gasteiger partial charge in [0.2, 0.25) is 23.8 Å². The fraction of sp³-hybridized carbons (Fsp3) is 0.850. The summed E-state index contributed by atoms with van der Waals surface area (Å²) in [6.07, 6.45) is 6.82. The molecule has 0 bridgehead atoms. The molecule has 6 amide bonds. The first-order chi connectivity index (χ1) is 28.0. The molecule has 18 heteroatoms. The van der Waals surface area contributed by atoms with E-state index in [9.17, 15) is 28.8 Å². The summed E-state index contributed by atoms with van der Waals surface area (Å²) in [6.45, 7) is 10.9. The molecule has 3 heterocycles. The Morgan fingerprint density at radius 3 is 1.76 bits per heavy atom. The first kappa shape index (κ1) is 43.8. The summed E-state index contributed by atoms with van der Waals surface area (Å²) < 4.78 is 11.0. The highest BCUT2D eigenvalue weighted by molar-refractivity contribution is 6.04. The molecular weight excluding hydrogens is 749 g/mol. The first-order valence-corrected chi connectivity index (χ1v) is 21.8. The average molecular weight is 815 g/mol. The maximum absolute atomic E-state index is 13.9. The van der Waals surface area contributed by atoms with Gasteiger partial charge in [-0.3, -0.25) is 33.8 Å². The number of azo groups is 1. The molecule has 3 aliphatic heterocycles. The highest BCUT2D eigenvalue weighted by Crippen LogP contribution is 2.33. The number of carbonyl (C=O) groups excluding carboxylic acids is 6. The summed E-state index contributed by atoms with van der Waals surface area (Å²) in [6, 6.07) is -2.20. The van der Waals surface area contributed by atoms with Crippen molar-refractivity contribution in [3.05, 3.63) is 0 Å². The Morgan fingerprint density at radius 1 is 0.672 bits per heavy atom. The van der Waals surface area contributed by atoms with Crippen molar-refractivity contribution in [2.75, 3.05) is 52.6 Å². The summed E-state index contributed by atoms with van der Waals surface area (Å²) in [5.74, 6) is -2.31. The van der Waals surface area contributed by atoms with Crippen LogP contribution in [0.3, 0.4) is 0 Å². The maximum atomic E-state index is 13.9. The van der Waals surface area contributed by atoms with E-state index in [1.54, 1.807) is 0 Å². The predicted molar refractivity (Wildman–Crippen MR) is 212 cm³/mol. The molecule has 6 fully saturated rings. The summed E-state index contributed by atoms with van der Waals surface area (Å²) >= 11 is 0. The number of rotatable bonds is 15. The summed E-state index contributed by atoms with van der Waals surface area (Å²) in [5.41, 5.74) is 0. The van der Waals surface area contributed by atoms with Gasteiger partial charge in [0.05, 0.1) is 56.9 Å². The lowest BCUT2D eigenvalue weighted by Gasteiger charge is -2.39. The van der Waals surface area contributed by atoms with Gasteiger partial charge in [0, 0.05) is 56.0 Å². The van der Waals surface area contributed by atoms with Gasteiger partial charge in [-0.2, -0.15) is 10.2 Å². The summed E-state index contributed by atoms with van der Waals surface area (Å²) in [4.78, 5) is 83.3. The number of ether oxygens (including phenoxy) is 2. The lowest BCUT2D eigenvalue weighted by atomic mass is 9.77. The molecule has 58 heavy (non-hydrogen) atoms. The third-order valence-electron chi connectivity index (χ3n) is 13.0. The molecule has 8 atom stereocenters. The molecule has 6 rings (SSSR count). The van der Waals surface area contributed by atoms with Crippen LogP contribution < -0.4 is 31.9 Å². The van der Waals surface area contributed by atoms with E-state index in [-0.39, 0.29) is 72.2 Å². The van der Waals surface area contributed by atoms with Crippen LogP contribution in [0.2, 0.25) is 0 Å². The molecule has 3 saturated heterocycles. The summed E-state index contributed by atoms with van der Waals surface area (Å²) in [7, 11) is 0. The molecule has 3 saturated carbocycles. The van der Waals surface area contributed by atoms with Crippen molar-refractivity contribution in [3.63, 3.8) is 0 Å². The second kappa shape index (κ2) is 21.0. The number of hydrogen-bond donors (Lipinski definition) is 6. The molecule has 0 aromatic carbocycles. The second-order valence-corrected chi connectivity index (χ2v) is 17.1. The third kappa shape index (κ3) is 11.7. The molecule has 18 nitrogen and oxygen atoms in total. The Bertz CT molecular complexity index is 1430. The molecule has 8 unspecified atom stereocenters. The molecule has 6 aliphatic rings. The first-order valence-electron chi connectivity index (χ1n) is 21.8. The largest absolute Gasteiger partial charge is 0.379 e. The number of hydrogen-bond acceptors (Lipinski definition) is 12. The van der Waals surface area contributed by atoms with Crippen molar-refractivity contribution in [2.24, 2.45) is 28.0 Å². The lowest BCUT2D eigenvalue weighted by molar-refractivity contribution is -0.136. The molecule has 0 spiro atoms. The minimum absolute atomic E-state index is 0.0505. The van der Waals surface area contributed by atoms with Crippen LogP contribution in [0.15, 0.2) is 10.2 Å². The number of nitrogens with one attached hydrogen (secondary N) is 6. The van der Waals surface area contributed by atoms with E-state index in [2.05, 4.69) is 65.8 Å². The minimum atomic E-state index is -1.25. The SMILES string of the molecule is CCC(NC(=O)C1CC(NC(=O)C2CCC(N=NC(C(C)=O)C(=O)NC3CCC4NC(=O)NC4C3)CC2)CC(C(=O)NC(CC)N2CCOCC2)C1)N1CCOCC1. The number of nitrogens with zero attached hydrogens (tertiary/aromatic N) is 4. The predicted octanol–water partition coefficient (Wildman–Crippen LogP) is 0.944. The Balaban J connectivity index is 1.02. The van der Waals surface area contributed by atoms with E-state index in [1.165, 1.54) is 6.92 Å². The van der Waals surface area contributed by atoms with Gasteiger partial charge < -0.3 is 41.4 Å². The highest BCUT2D eigenvalue weighted by Gasteiger charge is 2.41. The third-order valence-corrected chi connectivity index (χ3v) is 13.0. The molecule has 6 N–H and O–H groups in total. The van der Waals surface area contributed by atoms with Gasteiger partial charge in [-0.15, -0.1) is 0 Å². The van der Waals surface area contributed by atoms with Crippen LogP contribution in [0.25, 0.3) is 0 Å². The van der Waals surface area contributed by atoms with Gasteiger partial charge in [0.15, 0.2) is 5.78 Å². The van der Waals surface area contributed by atoms with Crippen LogP contribution in [0.1, 0.15) is 97.8 Å². The lowest BCUT2D eigenvalue weighted by Crippen LogP contribution is -2.56. The topological polar surface area (TPSA) is 224 Å². The quantitative estimate of drug-likeness (QED) is 0.101. The van der Waals surface area contributed by atoms with E-state index in [4.69, 9.17) is 9.47 Å². The summed E-state index contributed by atoms with van der Waals surface area (Å²) in [5, 5.41) is 27.1. The van der Waals surface area contributed by atoms with E-state index in [0.717, 1.165) is 45.4 Å². The number of carbonyl (C=O) groups is 6.